The lowest BCUT2D eigenvalue weighted by atomic mass is 10.1. The fourth-order valence-corrected chi connectivity index (χ4v) is 4.97. The highest BCUT2D eigenvalue weighted by molar-refractivity contribution is 5.79. The van der Waals surface area contributed by atoms with Gasteiger partial charge in [0.15, 0.2) is 0 Å². The Bertz CT molecular complexity index is 1390. The Labute approximate surface area is 226 Å². The molecule has 0 aliphatic carbocycles. The number of amides is 1. The molecule has 1 aromatic heterocycles. The topological polar surface area (TPSA) is 55.2 Å². The van der Waals surface area contributed by atoms with E-state index in [1.165, 1.54) is 11.1 Å². The summed E-state index contributed by atoms with van der Waals surface area (Å²) in [5, 5.41) is 0.574. The van der Waals surface area contributed by atoms with Crippen LogP contribution < -0.4 is 5.56 Å². The van der Waals surface area contributed by atoms with Crippen LogP contribution in [0.25, 0.3) is 16.6 Å². The van der Waals surface area contributed by atoms with Crippen LogP contribution >= 0.6 is 0 Å². The molecule has 5 nitrogen and oxygen atoms in total. The van der Waals surface area contributed by atoms with E-state index in [4.69, 9.17) is 4.98 Å². The summed E-state index contributed by atoms with van der Waals surface area (Å²) in [5.41, 5.74) is 3.70. The Hall–Kier alpha value is -3.73. The number of aryl methyl sites for hydroxylation is 1. The molecule has 4 rings (SSSR count). The van der Waals surface area contributed by atoms with Crippen LogP contribution in [-0.2, 0) is 17.6 Å². The van der Waals surface area contributed by atoms with E-state index in [1.54, 1.807) is 4.57 Å². The number of aromatic nitrogens is 2. The average Bonchev–Trinajstić information content (AvgIpc) is 2.96. The molecule has 0 saturated heterocycles. The van der Waals surface area contributed by atoms with Crippen molar-refractivity contribution >= 4 is 16.8 Å². The van der Waals surface area contributed by atoms with Crippen molar-refractivity contribution < 1.29 is 4.79 Å². The van der Waals surface area contributed by atoms with Crippen LogP contribution in [0.5, 0.6) is 0 Å². The van der Waals surface area contributed by atoms with Gasteiger partial charge in [-0.3, -0.25) is 14.2 Å². The second-order valence-corrected chi connectivity index (χ2v) is 9.96. The third kappa shape index (κ3) is 6.39. The maximum absolute atomic E-state index is 13.8. The summed E-state index contributed by atoms with van der Waals surface area (Å²) in [5.74, 6) is 0.702. The monoisotopic (exact) mass is 509 g/mol. The molecule has 1 unspecified atom stereocenters. The largest absolute Gasteiger partial charge is 0.332 e. The zero-order valence-electron chi connectivity index (χ0n) is 22.9. The molecule has 0 fully saturated rings. The Morgan fingerprint density at radius 2 is 1.58 bits per heavy atom. The Balaban J connectivity index is 1.76. The Kier molecular flexibility index (Phi) is 9.47. The van der Waals surface area contributed by atoms with Gasteiger partial charge in [-0.05, 0) is 61.6 Å². The molecule has 0 bridgehead atoms. The van der Waals surface area contributed by atoms with E-state index in [0.29, 0.717) is 29.7 Å². The third-order valence-electron chi connectivity index (χ3n) is 7.29. The summed E-state index contributed by atoms with van der Waals surface area (Å²) in [6.07, 6.45) is 6.35. The van der Waals surface area contributed by atoms with E-state index in [9.17, 15) is 9.59 Å². The third-order valence-corrected chi connectivity index (χ3v) is 7.29. The fraction of sp³-hybridized carbons (Fsp3) is 0.364. The van der Waals surface area contributed by atoms with Gasteiger partial charge in [-0.1, -0.05) is 87.7 Å². The molecule has 1 heterocycles. The molecule has 0 saturated carbocycles. The van der Waals surface area contributed by atoms with Gasteiger partial charge in [0.05, 0.1) is 22.6 Å². The van der Waals surface area contributed by atoms with Crippen LogP contribution in [0.1, 0.15) is 75.9 Å². The average molecular weight is 510 g/mol. The van der Waals surface area contributed by atoms with Gasteiger partial charge in [0, 0.05) is 13.0 Å². The van der Waals surface area contributed by atoms with Gasteiger partial charge in [-0.2, -0.15) is 0 Å². The quantitative estimate of drug-likeness (QED) is 0.192. The second-order valence-electron chi connectivity index (χ2n) is 9.96. The van der Waals surface area contributed by atoms with Crippen LogP contribution in [-0.4, -0.2) is 26.9 Å². The first-order chi connectivity index (χ1) is 18.5. The summed E-state index contributed by atoms with van der Waals surface area (Å²) in [7, 11) is 0. The van der Waals surface area contributed by atoms with E-state index < -0.39 is 0 Å². The van der Waals surface area contributed by atoms with Crippen molar-refractivity contribution in [2.45, 2.75) is 71.8 Å². The molecule has 4 aromatic rings. The smallest absolute Gasteiger partial charge is 0.266 e. The highest BCUT2D eigenvalue weighted by atomic mass is 16.2. The molecule has 1 atom stereocenters. The van der Waals surface area contributed by atoms with Gasteiger partial charge in [0.2, 0.25) is 5.91 Å². The highest BCUT2D eigenvalue weighted by Gasteiger charge is 2.26. The molecule has 0 N–H and O–H groups in total. The number of benzene rings is 3. The summed E-state index contributed by atoms with van der Waals surface area (Å²) >= 11 is 0. The van der Waals surface area contributed by atoms with Crippen molar-refractivity contribution in [3.8, 4) is 5.69 Å². The maximum atomic E-state index is 13.8. The van der Waals surface area contributed by atoms with Gasteiger partial charge in [-0.15, -0.1) is 0 Å². The van der Waals surface area contributed by atoms with Crippen LogP contribution in [0, 0.1) is 0 Å². The normalized spacial score (nSPS) is 12.0. The number of carbonyl (C=O) groups is 1. The number of hydrogen-bond donors (Lipinski definition) is 0. The minimum absolute atomic E-state index is 0.111. The first kappa shape index (κ1) is 27.3. The van der Waals surface area contributed by atoms with Crippen molar-refractivity contribution in [3.63, 3.8) is 0 Å². The zero-order valence-corrected chi connectivity index (χ0v) is 22.9. The van der Waals surface area contributed by atoms with Crippen molar-refractivity contribution in [2.75, 3.05) is 6.54 Å². The first-order valence-corrected chi connectivity index (χ1v) is 14.0. The minimum atomic E-state index is -0.374. The van der Waals surface area contributed by atoms with Crippen molar-refractivity contribution in [2.24, 2.45) is 0 Å². The van der Waals surface area contributed by atoms with E-state index in [1.807, 2.05) is 66.4 Å². The second kappa shape index (κ2) is 13.2. The molecular weight excluding hydrogens is 470 g/mol. The summed E-state index contributed by atoms with van der Waals surface area (Å²) in [4.78, 5) is 34.4. The molecule has 5 heteroatoms. The zero-order chi connectivity index (χ0) is 26.9. The van der Waals surface area contributed by atoms with Crippen LogP contribution in [0.2, 0.25) is 0 Å². The lowest BCUT2D eigenvalue weighted by molar-refractivity contribution is -0.133. The molecule has 198 valence electrons. The van der Waals surface area contributed by atoms with Gasteiger partial charge >= 0.3 is 0 Å². The molecule has 0 spiro atoms. The van der Waals surface area contributed by atoms with Gasteiger partial charge in [0.25, 0.3) is 5.56 Å². The number of fused-ring (bicyclic) bond motifs is 1. The Morgan fingerprint density at radius 3 is 2.29 bits per heavy atom. The maximum Gasteiger partial charge on any atom is 0.266 e. The van der Waals surface area contributed by atoms with Crippen molar-refractivity contribution in [1.29, 1.82) is 0 Å². The summed E-state index contributed by atoms with van der Waals surface area (Å²) in [6.45, 7) is 6.86. The van der Waals surface area contributed by atoms with Gasteiger partial charge in [-0.25, -0.2) is 4.98 Å². The molecule has 0 aliphatic rings. The SMILES string of the molecule is CCCCCCC(=O)N(CCc1ccccc1)C(C)c1nc2ccccc2c(=O)n1-c1ccc(CC)cc1. The first-order valence-electron chi connectivity index (χ1n) is 14.0. The predicted octanol–water partition coefficient (Wildman–Crippen LogP) is 7.05. The highest BCUT2D eigenvalue weighted by Crippen LogP contribution is 2.25. The summed E-state index contributed by atoms with van der Waals surface area (Å²) < 4.78 is 1.70. The molecular formula is C33H39N3O2. The number of hydrogen-bond acceptors (Lipinski definition) is 3. The van der Waals surface area contributed by atoms with Crippen LogP contribution in [0.15, 0.2) is 83.7 Å². The van der Waals surface area contributed by atoms with E-state index in [-0.39, 0.29) is 17.5 Å². The lowest BCUT2D eigenvalue weighted by Gasteiger charge is -2.31. The van der Waals surface area contributed by atoms with E-state index >= 15 is 0 Å². The number of rotatable bonds is 12. The molecule has 3 aromatic carbocycles. The number of para-hydroxylation sites is 1. The number of nitrogens with zero attached hydrogens (tertiary/aromatic N) is 3. The molecule has 0 aliphatic heterocycles. The summed E-state index contributed by atoms with van der Waals surface area (Å²) in [6, 6.07) is 25.4. The standard InChI is InChI=1S/C33H39N3O2/c1-4-6-7-11-18-31(37)35(24-23-27-14-9-8-10-15-27)25(3)32-34-30-17-13-12-16-29(30)33(38)36(32)28-21-19-26(5-2)20-22-28/h8-10,12-17,19-22,25H,4-7,11,18,23-24H2,1-3H3. The lowest BCUT2D eigenvalue weighted by Crippen LogP contribution is -2.38. The Morgan fingerprint density at radius 1 is 0.868 bits per heavy atom. The molecule has 38 heavy (non-hydrogen) atoms. The minimum Gasteiger partial charge on any atom is -0.332 e. The van der Waals surface area contributed by atoms with E-state index in [0.717, 1.165) is 44.2 Å². The number of unbranched alkanes of at least 4 members (excludes halogenated alkanes) is 3. The molecule has 0 radical (unpaired) electrons. The van der Waals surface area contributed by atoms with Gasteiger partial charge in [0.1, 0.15) is 5.82 Å². The van der Waals surface area contributed by atoms with Crippen LogP contribution in [0.4, 0.5) is 0 Å². The van der Waals surface area contributed by atoms with Crippen molar-refractivity contribution in [3.05, 3.63) is 106 Å². The fourth-order valence-electron chi connectivity index (χ4n) is 4.97. The van der Waals surface area contributed by atoms with Gasteiger partial charge < -0.3 is 4.90 Å². The predicted molar refractivity (Wildman–Crippen MR) is 156 cm³/mol. The number of carbonyl (C=O) groups excluding carboxylic acids is 1. The van der Waals surface area contributed by atoms with Crippen LogP contribution in [0.3, 0.4) is 0 Å². The van der Waals surface area contributed by atoms with E-state index in [2.05, 4.69) is 38.1 Å². The molecule has 1 amide bonds. The van der Waals surface area contributed by atoms with Crippen molar-refractivity contribution in [1.82, 2.24) is 14.5 Å².